The van der Waals surface area contributed by atoms with Gasteiger partial charge < -0.3 is 9.47 Å². The number of hydrogen-bond donors (Lipinski definition) is 0. The highest BCUT2D eigenvalue weighted by Crippen LogP contribution is 2.31. The van der Waals surface area contributed by atoms with Gasteiger partial charge in [-0.15, -0.1) is 0 Å². The first-order chi connectivity index (χ1) is 11.3. The van der Waals surface area contributed by atoms with Crippen LogP contribution in [0.25, 0.3) is 6.08 Å². The number of rotatable bonds is 5. The second kappa shape index (κ2) is 7.80. The zero-order valence-corrected chi connectivity index (χ0v) is 13.4. The van der Waals surface area contributed by atoms with Crippen LogP contribution >= 0.6 is 0 Å². The topological polar surface area (TPSA) is 18.5 Å². The molecule has 0 saturated carbocycles. The summed E-state index contributed by atoms with van der Waals surface area (Å²) in [6, 6.07) is 20.8. The van der Waals surface area contributed by atoms with E-state index in [9.17, 15) is 0 Å². The van der Waals surface area contributed by atoms with Crippen molar-refractivity contribution in [3.8, 4) is 0 Å². The lowest BCUT2D eigenvalue weighted by Crippen LogP contribution is -2.23. The van der Waals surface area contributed by atoms with Gasteiger partial charge in [-0.05, 0) is 30.2 Å². The van der Waals surface area contributed by atoms with Crippen LogP contribution in [0.2, 0.25) is 0 Å². The van der Waals surface area contributed by atoms with Crippen molar-refractivity contribution in [1.29, 1.82) is 0 Å². The van der Waals surface area contributed by atoms with Crippen molar-refractivity contribution < 1.29 is 9.47 Å². The van der Waals surface area contributed by atoms with E-state index in [1.807, 2.05) is 37.3 Å². The van der Waals surface area contributed by atoms with E-state index in [-0.39, 0.29) is 6.29 Å². The Kier molecular flexibility index (Phi) is 5.28. The molecule has 1 aliphatic heterocycles. The van der Waals surface area contributed by atoms with E-state index < -0.39 is 0 Å². The van der Waals surface area contributed by atoms with Crippen molar-refractivity contribution in [2.24, 2.45) is 0 Å². The maximum absolute atomic E-state index is 5.95. The molecule has 0 fully saturated rings. The highest BCUT2D eigenvalue weighted by atomic mass is 16.7. The number of hydrogen-bond acceptors (Lipinski definition) is 2. The van der Waals surface area contributed by atoms with Gasteiger partial charge in [0, 0.05) is 18.9 Å². The molecule has 0 spiro atoms. The molecule has 2 nitrogen and oxygen atoms in total. The Hall–Kier alpha value is -2.32. The summed E-state index contributed by atoms with van der Waals surface area (Å²) in [6.07, 6.45) is 6.94. The second-order valence-corrected chi connectivity index (χ2v) is 5.57. The van der Waals surface area contributed by atoms with Gasteiger partial charge in [-0.2, -0.15) is 0 Å². The molecule has 3 rings (SSSR count). The molecule has 23 heavy (non-hydrogen) atoms. The summed E-state index contributed by atoms with van der Waals surface area (Å²) in [5.74, 6) is 1.18. The molecule has 0 N–H and O–H groups in total. The molecule has 0 bridgehead atoms. The first-order valence-electron chi connectivity index (χ1n) is 8.13. The van der Waals surface area contributed by atoms with Crippen molar-refractivity contribution in [2.75, 3.05) is 6.61 Å². The van der Waals surface area contributed by atoms with E-state index >= 15 is 0 Å². The lowest BCUT2D eigenvalue weighted by Gasteiger charge is -2.28. The molecular formula is C21H22O2. The van der Waals surface area contributed by atoms with Crippen LogP contribution < -0.4 is 0 Å². The number of ether oxygens (including phenoxy) is 2. The molecule has 0 aliphatic carbocycles. The van der Waals surface area contributed by atoms with E-state index in [1.165, 1.54) is 5.56 Å². The monoisotopic (exact) mass is 306 g/mol. The maximum atomic E-state index is 5.95. The summed E-state index contributed by atoms with van der Waals surface area (Å²) in [7, 11) is 0. The third-order valence-corrected chi connectivity index (χ3v) is 3.90. The zero-order chi connectivity index (χ0) is 15.9. The standard InChI is InChI=1S/C21H22O2/c1-2-22-21-16-19(18-11-7-4-8-12-18)15-20(23-21)14-13-17-9-5-3-6-10-17/h3-15,19,21H,2,16H2,1H3/b14-13+/t19-,21+/m1/s1. The summed E-state index contributed by atoms with van der Waals surface area (Å²) >= 11 is 0. The summed E-state index contributed by atoms with van der Waals surface area (Å²) < 4.78 is 11.7. The van der Waals surface area contributed by atoms with Crippen LogP contribution in [0, 0.1) is 0 Å². The molecule has 2 aromatic rings. The molecule has 2 heteroatoms. The fourth-order valence-electron chi connectivity index (χ4n) is 2.77. The molecule has 0 saturated heterocycles. The van der Waals surface area contributed by atoms with Gasteiger partial charge in [0.1, 0.15) is 5.76 Å². The van der Waals surface area contributed by atoms with Crippen molar-refractivity contribution in [1.82, 2.24) is 0 Å². The second-order valence-electron chi connectivity index (χ2n) is 5.57. The van der Waals surface area contributed by atoms with Gasteiger partial charge in [0.25, 0.3) is 0 Å². The molecule has 0 amide bonds. The molecule has 0 unspecified atom stereocenters. The predicted octanol–water partition coefficient (Wildman–Crippen LogP) is 5.15. The Balaban J connectivity index is 1.81. The van der Waals surface area contributed by atoms with Gasteiger partial charge in [0.05, 0.1) is 0 Å². The van der Waals surface area contributed by atoms with Crippen LogP contribution in [-0.2, 0) is 9.47 Å². The van der Waals surface area contributed by atoms with E-state index in [2.05, 4.69) is 48.6 Å². The Bertz CT molecular complexity index is 659. The van der Waals surface area contributed by atoms with Crippen molar-refractivity contribution in [3.63, 3.8) is 0 Å². The van der Waals surface area contributed by atoms with Gasteiger partial charge in [-0.25, -0.2) is 0 Å². The van der Waals surface area contributed by atoms with Gasteiger partial charge in [0.2, 0.25) is 6.29 Å². The quantitative estimate of drug-likeness (QED) is 0.760. The fourth-order valence-corrected chi connectivity index (χ4v) is 2.77. The number of benzene rings is 2. The number of allylic oxidation sites excluding steroid dienone is 2. The molecule has 2 aromatic carbocycles. The zero-order valence-electron chi connectivity index (χ0n) is 13.4. The minimum Gasteiger partial charge on any atom is -0.465 e. The summed E-state index contributed by atoms with van der Waals surface area (Å²) in [4.78, 5) is 0. The molecule has 0 aromatic heterocycles. The fraction of sp³-hybridized carbons (Fsp3) is 0.238. The van der Waals surface area contributed by atoms with Gasteiger partial charge >= 0.3 is 0 Å². The molecule has 2 atom stereocenters. The van der Waals surface area contributed by atoms with Crippen LogP contribution in [0.5, 0.6) is 0 Å². The highest BCUT2D eigenvalue weighted by molar-refractivity contribution is 5.52. The normalized spacial score (nSPS) is 21.0. The maximum Gasteiger partial charge on any atom is 0.200 e. The third kappa shape index (κ3) is 4.33. The molecule has 0 radical (unpaired) electrons. The average molecular weight is 306 g/mol. The van der Waals surface area contributed by atoms with Gasteiger partial charge in [0.15, 0.2) is 0 Å². The predicted molar refractivity (Wildman–Crippen MR) is 93.9 cm³/mol. The van der Waals surface area contributed by atoms with Crippen LogP contribution in [0.4, 0.5) is 0 Å². The molecular weight excluding hydrogens is 284 g/mol. The van der Waals surface area contributed by atoms with Gasteiger partial charge in [-0.3, -0.25) is 0 Å². The van der Waals surface area contributed by atoms with Crippen LogP contribution in [-0.4, -0.2) is 12.9 Å². The summed E-state index contributed by atoms with van der Waals surface area (Å²) in [5, 5.41) is 0. The van der Waals surface area contributed by atoms with Crippen molar-refractivity contribution in [2.45, 2.75) is 25.6 Å². The minimum atomic E-state index is -0.189. The SMILES string of the molecule is CCO[C@@H]1C[C@H](c2ccccc2)C=C(/C=C/c2ccccc2)O1. The van der Waals surface area contributed by atoms with Crippen LogP contribution in [0.3, 0.4) is 0 Å². The lowest BCUT2D eigenvalue weighted by molar-refractivity contribution is -0.121. The van der Waals surface area contributed by atoms with E-state index in [0.717, 1.165) is 17.7 Å². The Morgan fingerprint density at radius 1 is 1.00 bits per heavy atom. The lowest BCUT2D eigenvalue weighted by atomic mass is 9.93. The van der Waals surface area contributed by atoms with Crippen LogP contribution in [0.15, 0.2) is 78.6 Å². The molecule has 1 aliphatic rings. The van der Waals surface area contributed by atoms with E-state index in [0.29, 0.717) is 12.5 Å². The largest absolute Gasteiger partial charge is 0.465 e. The first kappa shape index (κ1) is 15.6. The smallest absolute Gasteiger partial charge is 0.200 e. The van der Waals surface area contributed by atoms with Crippen molar-refractivity contribution in [3.05, 3.63) is 89.7 Å². The molecule has 118 valence electrons. The summed E-state index contributed by atoms with van der Waals surface area (Å²) in [5.41, 5.74) is 2.46. The van der Waals surface area contributed by atoms with E-state index in [4.69, 9.17) is 9.47 Å². The molecule has 1 heterocycles. The Morgan fingerprint density at radius 2 is 1.70 bits per heavy atom. The van der Waals surface area contributed by atoms with E-state index in [1.54, 1.807) is 0 Å². The summed E-state index contributed by atoms with van der Waals surface area (Å²) in [6.45, 7) is 2.65. The van der Waals surface area contributed by atoms with Crippen molar-refractivity contribution >= 4 is 6.08 Å². The van der Waals surface area contributed by atoms with Crippen LogP contribution in [0.1, 0.15) is 30.4 Å². The Morgan fingerprint density at radius 3 is 2.39 bits per heavy atom. The minimum absolute atomic E-state index is 0.189. The average Bonchev–Trinajstić information content (AvgIpc) is 2.62. The van der Waals surface area contributed by atoms with Gasteiger partial charge in [-0.1, -0.05) is 66.7 Å². The third-order valence-electron chi connectivity index (χ3n) is 3.90. The highest BCUT2D eigenvalue weighted by Gasteiger charge is 2.24. The Labute approximate surface area is 138 Å². The first-order valence-corrected chi connectivity index (χ1v) is 8.13.